The lowest BCUT2D eigenvalue weighted by Gasteiger charge is -2.35. The van der Waals surface area contributed by atoms with Gasteiger partial charge in [-0.1, -0.05) is 67.6 Å². The summed E-state index contributed by atoms with van der Waals surface area (Å²) in [5.74, 6) is -0.520. The lowest BCUT2D eigenvalue weighted by atomic mass is 9.95. The molecule has 3 aromatic rings. The van der Waals surface area contributed by atoms with Crippen molar-refractivity contribution in [2.45, 2.75) is 80.8 Å². The van der Waals surface area contributed by atoms with Gasteiger partial charge >= 0.3 is 0 Å². The molecule has 0 radical (unpaired) electrons. The number of carbonyl (C=O) groups is 2. The third kappa shape index (κ3) is 8.91. The predicted molar refractivity (Wildman–Crippen MR) is 186 cm³/mol. The number of para-hydroxylation sites is 2. The lowest BCUT2D eigenvalue weighted by molar-refractivity contribution is -0.140. The van der Waals surface area contributed by atoms with Crippen LogP contribution in [0.1, 0.15) is 57.9 Å². The summed E-state index contributed by atoms with van der Waals surface area (Å²) in [6.07, 6.45) is 7.19. The third-order valence-electron chi connectivity index (χ3n) is 8.05. The topological polar surface area (TPSA) is 96.0 Å². The largest absolute Gasteiger partial charge is 0.492 e. The van der Waals surface area contributed by atoms with Crippen LogP contribution in [-0.2, 0) is 26.2 Å². The molecule has 1 saturated carbocycles. The van der Waals surface area contributed by atoms with Crippen molar-refractivity contribution in [1.82, 2.24) is 10.2 Å². The zero-order valence-corrected chi connectivity index (χ0v) is 29.5. The van der Waals surface area contributed by atoms with Crippen molar-refractivity contribution in [2.75, 3.05) is 23.7 Å². The summed E-state index contributed by atoms with van der Waals surface area (Å²) < 4.78 is 35.5. The van der Waals surface area contributed by atoms with Gasteiger partial charge in [-0.25, -0.2) is 8.42 Å². The van der Waals surface area contributed by atoms with Crippen molar-refractivity contribution in [3.8, 4) is 5.75 Å². The van der Waals surface area contributed by atoms with Crippen molar-refractivity contribution in [1.29, 1.82) is 0 Å². The van der Waals surface area contributed by atoms with Gasteiger partial charge in [0.05, 0.1) is 17.2 Å². The lowest BCUT2D eigenvalue weighted by Crippen LogP contribution is -2.54. The van der Waals surface area contributed by atoms with Crippen LogP contribution < -0.4 is 14.4 Å². The predicted octanol–water partition coefficient (Wildman–Crippen LogP) is 7.57. The minimum absolute atomic E-state index is 0.0190. The number of sulfonamides is 1. The summed E-state index contributed by atoms with van der Waals surface area (Å²) >= 11 is 14.2. The van der Waals surface area contributed by atoms with E-state index >= 15 is 0 Å². The molecule has 0 saturated heterocycles. The number of anilines is 1. The van der Waals surface area contributed by atoms with Crippen LogP contribution in [0.3, 0.4) is 0 Å². The Morgan fingerprint density at radius 1 is 1.00 bits per heavy atom. The number of rotatable bonds is 14. The molecule has 0 spiro atoms. The first kappa shape index (κ1) is 35.9. The van der Waals surface area contributed by atoms with Crippen LogP contribution in [0.4, 0.5) is 5.69 Å². The number of benzene rings is 3. The Balaban J connectivity index is 1.76. The average molecular weight is 707 g/mol. The van der Waals surface area contributed by atoms with Gasteiger partial charge in [0.25, 0.3) is 10.0 Å². The molecule has 1 atom stereocenters. The van der Waals surface area contributed by atoms with Crippen LogP contribution in [0, 0.1) is 0 Å². The summed E-state index contributed by atoms with van der Waals surface area (Å²) in [7, 11) is -4.26. The minimum atomic E-state index is -4.26. The Hall–Kier alpha value is -2.92. The van der Waals surface area contributed by atoms with E-state index in [1.165, 1.54) is 28.8 Å². The average Bonchev–Trinajstić information content (AvgIpc) is 3.05. The first-order chi connectivity index (χ1) is 22.1. The standard InChI is InChI=1S/C34H41Cl2N3O5S2/c1-4-30(34(41)37-26-11-7-6-8-12-26)38(22-24-15-16-25(35)21-29(24)36)33(40)23-39(31-13-9-10-14-32(31)44-5-2)46(42,43)28-19-17-27(45-3)18-20-28/h9-10,13-21,26,30H,4-8,11-12,22-23H2,1-3H3,(H,37,41)/t30-/m1/s1. The number of carbonyl (C=O) groups excluding carboxylic acids is 2. The second kappa shape index (κ2) is 16.8. The van der Waals surface area contributed by atoms with E-state index in [0.717, 1.165) is 41.3 Å². The minimum Gasteiger partial charge on any atom is -0.492 e. The second-order valence-electron chi connectivity index (χ2n) is 11.1. The van der Waals surface area contributed by atoms with Gasteiger partial charge < -0.3 is 15.0 Å². The molecule has 0 aromatic heterocycles. The van der Waals surface area contributed by atoms with Gasteiger partial charge in [0.1, 0.15) is 18.3 Å². The number of hydrogen-bond acceptors (Lipinski definition) is 6. The Morgan fingerprint density at radius 3 is 2.33 bits per heavy atom. The second-order valence-corrected chi connectivity index (χ2v) is 14.7. The van der Waals surface area contributed by atoms with Gasteiger partial charge in [-0.05, 0) is 86.5 Å². The summed E-state index contributed by atoms with van der Waals surface area (Å²) in [4.78, 5) is 30.6. The molecule has 0 bridgehead atoms. The molecular formula is C34H41Cl2N3O5S2. The molecule has 1 N–H and O–H groups in total. The van der Waals surface area contributed by atoms with E-state index in [1.807, 2.05) is 13.2 Å². The Labute approximate surface area is 286 Å². The molecule has 4 rings (SSSR count). The quantitative estimate of drug-likeness (QED) is 0.174. The number of thioether (sulfide) groups is 1. The van der Waals surface area contributed by atoms with Crippen LogP contribution in [0.25, 0.3) is 0 Å². The molecule has 0 unspecified atom stereocenters. The smallest absolute Gasteiger partial charge is 0.264 e. The van der Waals surface area contributed by atoms with E-state index in [0.29, 0.717) is 34.4 Å². The van der Waals surface area contributed by atoms with E-state index < -0.39 is 28.5 Å². The van der Waals surface area contributed by atoms with Crippen LogP contribution >= 0.6 is 35.0 Å². The zero-order valence-electron chi connectivity index (χ0n) is 26.4. The molecule has 0 aliphatic heterocycles. The van der Waals surface area contributed by atoms with Crippen LogP contribution in [0.5, 0.6) is 5.75 Å². The van der Waals surface area contributed by atoms with Crippen molar-refractivity contribution in [3.63, 3.8) is 0 Å². The fourth-order valence-electron chi connectivity index (χ4n) is 5.63. The van der Waals surface area contributed by atoms with E-state index in [2.05, 4.69) is 5.32 Å². The maximum Gasteiger partial charge on any atom is 0.264 e. The van der Waals surface area contributed by atoms with E-state index in [4.69, 9.17) is 27.9 Å². The van der Waals surface area contributed by atoms with E-state index in [9.17, 15) is 18.0 Å². The van der Waals surface area contributed by atoms with Gasteiger partial charge in [0, 0.05) is 27.5 Å². The van der Waals surface area contributed by atoms with Gasteiger partial charge in [0.15, 0.2) is 0 Å². The van der Waals surface area contributed by atoms with Crippen LogP contribution in [0.15, 0.2) is 76.5 Å². The monoisotopic (exact) mass is 705 g/mol. The number of nitrogens with zero attached hydrogens (tertiary/aromatic N) is 2. The molecule has 8 nitrogen and oxygen atoms in total. The summed E-state index contributed by atoms with van der Waals surface area (Å²) in [5.41, 5.74) is 0.802. The maximum atomic E-state index is 14.5. The first-order valence-electron chi connectivity index (χ1n) is 15.5. The number of ether oxygens (including phenoxy) is 1. The summed E-state index contributed by atoms with van der Waals surface area (Å²) in [6, 6.07) is 17.3. The molecule has 248 valence electrons. The fourth-order valence-corrected chi connectivity index (χ4v) is 7.93. The highest BCUT2D eigenvalue weighted by atomic mass is 35.5. The SMILES string of the molecule is CCOc1ccccc1N(CC(=O)N(Cc1ccc(Cl)cc1Cl)[C@H](CC)C(=O)NC1CCCCC1)S(=O)(=O)c1ccc(SC)cc1. The molecular weight excluding hydrogens is 665 g/mol. The first-order valence-corrected chi connectivity index (χ1v) is 18.9. The third-order valence-corrected chi connectivity index (χ3v) is 11.2. The normalized spacial score (nSPS) is 14.4. The summed E-state index contributed by atoms with van der Waals surface area (Å²) in [5, 5.41) is 3.93. The Kier molecular flexibility index (Phi) is 13.1. The van der Waals surface area contributed by atoms with E-state index in [1.54, 1.807) is 61.5 Å². The van der Waals surface area contributed by atoms with Crippen molar-refractivity contribution in [2.24, 2.45) is 0 Å². The van der Waals surface area contributed by atoms with Crippen molar-refractivity contribution < 1.29 is 22.7 Å². The molecule has 1 aliphatic carbocycles. The molecule has 2 amide bonds. The van der Waals surface area contributed by atoms with Gasteiger partial charge in [0.2, 0.25) is 11.8 Å². The zero-order chi connectivity index (χ0) is 33.3. The summed E-state index contributed by atoms with van der Waals surface area (Å²) in [6.45, 7) is 3.34. The molecule has 1 fully saturated rings. The number of halogens is 2. The number of amides is 2. The highest BCUT2D eigenvalue weighted by Gasteiger charge is 2.35. The highest BCUT2D eigenvalue weighted by molar-refractivity contribution is 7.98. The Bertz CT molecular complexity index is 1600. The van der Waals surface area contributed by atoms with Gasteiger partial charge in [-0.15, -0.1) is 11.8 Å². The fraction of sp³-hybridized carbons (Fsp3) is 0.412. The van der Waals surface area contributed by atoms with E-state index in [-0.39, 0.29) is 29.1 Å². The van der Waals surface area contributed by atoms with Crippen molar-refractivity contribution in [3.05, 3.63) is 82.3 Å². The van der Waals surface area contributed by atoms with Crippen LogP contribution in [-0.4, -0.2) is 56.6 Å². The van der Waals surface area contributed by atoms with Gasteiger partial charge in [-0.2, -0.15) is 0 Å². The molecule has 3 aromatic carbocycles. The molecule has 1 aliphatic rings. The van der Waals surface area contributed by atoms with Crippen molar-refractivity contribution >= 4 is 62.5 Å². The highest BCUT2D eigenvalue weighted by Crippen LogP contribution is 2.34. The molecule has 12 heteroatoms. The number of hydrogen-bond donors (Lipinski definition) is 1. The van der Waals surface area contributed by atoms with Gasteiger partial charge in [-0.3, -0.25) is 13.9 Å². The molecule has 0 heterocycles. The van der Waals surface area contributed by atoms with Crippen LogP contribution in [0.2, 0.25) is 10.0 Å². The molecule has 46 heavy (non-hydrogen) atoms. The number of nitrogens with one attached hydrogen (secondary N) is 1. The Morgan fingerprint density at radius 2 is 1.70 bits per heavy atom. The maximum absolute atomic E-state index is 14.5.